The molecule has 1 aromatic rings. The molecule has 0 saturated carbocycles. The van der Waals surface area contributed by atoms with Crippen LogP contribution in [0, 0.1) is 5.82 Å². The first-order valence-corrected chi connectivity index (χ1v) is 5.66. The van der Waals surface area contributed by atoms with Crippen LogP contribution in [0.3, 0.4) is 0 Å². The third-order valence-electron chi connectivity index (χ3n) is 3.05. The zero-order valence-corrected chi connectivity index (χ0v) is 10.0. The maximum absolute atomic E-state index is 13.7. The quantitative estimate of drug-likeness (QED) is 0.794. The molecule has 16 heavy (non-hydrogen) atoms. The summed E-state index contributed by atoms with van der Waals surface area (Å²) in [5, 5.41) is 0. The lowest BCUT2D eigenvalue weighted by molar-refractivity contribution is 0.0841. The Bertz CT molecular complexity index is 413. The van der Waals surface area contributed by atoms with Crippen LogP contribution in [0.5, 0.6) is 5.75 Å². The Labute approximate surface area is 95.6 Å². The molecule has 0 amide bonds. The summed E-state index contributed by atoms with van der Waals surface area (Å²) in [4.78, 5) is 0. The molecule has 0 saturated heterocycles. The van der Waals surface area contributed by atoms with E-state index in [9.17, 15) is 4.39 Å². The fourth-order valence-electron chi connectivity index (χ4n) is 2.04. The van der Waals surface area contributed by atoms with Gasteiger partial charge >= 0.3 is 0 Å². The molecule has 3 heteroatoms. The van der Waals surface area contributed by atoms with Crippen molar-refractivity contribution in [2.24, 2.45) is 5.73 Å². The summed E-state index contributed by atoms with van der Waals surface area (Å²) in [5.41, 5.74) is 7.16. The van der Waals surface area contributed by atoms with E-state index in [4.69, 9.17) is 10.5 Å². The van der Waals surface area contributed by atoms with Crippen molar-refractivity contribution < 1.29 is 9.13 Å². The number of benzene rings is 1. The maximum Gasteiger partial charge on any atom is 0.131 e. The van der Waals surface area contributed by atoms with E-state index in [0.717, 1.165) is 18.4 Å². The van der Waals surface area contributed by atoms with E-state index in [2.05, 4.69) is 0 Å². The van der Waals surface area contributed by atoms with Crippen molar-refractivity contribution in [2.45, 2.75) is 45.3 Å². The Hall–Kier alpha value is -1.09. The van der Waals surface area contributed by atoms with Gasteiger partial charge in [-0.15, -0.1) is 0 Å². The fourth-order valence-corrected chi connectivity index (χ4v) is 2.04. The number of fused-ring (bicyclic) bond motifs is 1. The molecular formula is C13H18FNO. The van der Waals surface area contributed by atoms with E-state index < -0.39 is 0 Å². The highest BCUT2D eigenvalue weighted by Gasteiger charge is 2.27. The van der Waals surface area contributed by atoms with Crippen molar-refractivity contribution in [2.75, 3.05) is 0 Å². The molecule has 1 heterocycles. The summed E-state index contributed by atoms with van der Waals surface area (Å²) in [7, 11) is 0. The van der Waals surface area contributed by atoms with E-state index >= 15 is 0 Å². The van der Waals surface area contributed by atoms with Crippen LogP contribution in [0.25, 0.3) is 0 Å². The average molecular weight is 223 g/mol. The Morgan fingerprint density at radius 2 is 2.12 bits per heavy atom. The predicted octanol–water partition coefficient (Wildman–Crippen LogP) is 2.95. The minimum Gasteiger partial charge on any atom is -0.487 e. The molecule has 1 atom stereocenters. The van der Waals surface area contributed by atoms with Gasteiger partial charge in [0, 0.05) is 17.7 Å². The SMILES string of the molecule is CC(N)c1cc2c(cc1F)OC(C)(C)CC2. The zero-order valence-electron chi connectivity index (χ0n) is 10.0. The molecule has 0 fully saturated rings. The van der Waals surface area contributed by atoms with E-state index in [1.807, 2.05) is 19.9 Å². The number of halogens is 1. The summed E-state index contributed by atoms with van der Waals surface area (Å²) in [6.07, 6.45) is 1.87. The number of nitrogens with two attached hydrogens (primary N) is 1. The van der Waals surface area contributed by atoms with Gasteiger partial charge in [-0.05, 0) is 45.2 Å². The second-order valence-electron chi connectivity index (χ2n) is 5.13. The molecule has 1 unspecified atom stereocenters. The van der Waals surface area contributed by atoms with Gasteiger partial charge in [0.1, 0.15) is 17.2 Å². The highest BCUT2D eigenvalue weighted by molar-refractivity contribution is 5.41. The lowest BCUT2D eigenvalue weighted by atomic mass is 9.92. The molecule has 0 aliphatic carbocycles. The molecule has 1 aliphatic rings. The molecule has 1 aromatic carbocycles. The zero-order chi connectivity index (χ0) is 11.9. The summed E-state index contributed by atoms with van der Waals surface area (Å²) < 4.78 is 19.5. The van der Waals surface area contributed by atoms with Gasteiger partial charge in [0.15, 0.2) is 0 Å². The fraction of sp³-hybridized carbons (Fsp3) is 0.538. The summed E-state index contributed by atoms with van der Waals surface area (Å²) in [6, 6.07) is 3.03. The lowest BCUT2D eigenvalue weighted by Gasteiger charge is -2.33. The highest BCUT2D eigenvalue weighted by Crippen LogP contribution is 2.35. The monoisotopic (exact) mass is 223 g/mol. The van der Waals surface area contributed by atoms with Crippen molar-refractivity contribution in [3.8, 4) is 5.75 Å². The highest BCUT2D eigenvalue weighted by atomic mass is 19.1. The third kappa shape index (κ3) is 2.05. The minimum absolute atomic E-state index is 0.199. The summed E-state index contributed by atoms with van der Waals surface area (Å²) in [5.74, 6) is 0.393. The lowest BCUT2D eigenvalue weighted by Crippen LogP contribution is -2.32. The van der Waals surface area contributed by atoms with Crippen LogP contribution in [-0.2, 0) is 6.42 Å². The standard InChI is InChI=1S/C13H18FNO/c1-8(15)10-6-9-4-5-13(2,3)16-12(9)7-11(10)14/h6-8H,4-5,15H2,1-3H3. The van der Waals surface area contributed by atoms with Crippen molar-refractivity contribution in [1.82, 2.24) is 0 Å². The van der Waals surface area contributed by atoms with Gasteiger partial charge in [0.2, 0.25) is 0 Å². The van der Waals surface area contributed by atoms with Gasteiger partial charge in [-0.1, -0.05) is 0 Å². The van der Waals surface area contributed by atoms with Crippen LogP contribution in [0.2, 0.25) is 0 Å². The van der Waals surface area contributed by atoms with E-state index in [1.165, 1.54) is 6.07 Å². The Balaban J connectivity index is 2.42. The van der Waals surface area contributed by atoms with Crippen molar-refractivity contribution in [1.29, 1.82) is 0 Å². The van der Waals surface area contributed by atoms with Gasteiger partial charge < -0.3 is 10.5 Å². The first-order chi connectivity index (χ1) is 7.39. The number of aryl methyl sites for hydroxylation is 1. The number of hydrogen-bond acceptors (Lipinski definition) is 2. The first kappa shape index (κ1) is 11.4. The second-order valence-corrected chi connectivity index (χ2v) is 5.13. The number of ether oxygens (including phenoxy) is 1. The van der Waals surface area contributed by atoms with Crippen molar-refractivity contribution in [3.63, 3.8) is 0 Å². The van der Waals surface area contributed by atoms with Crippen LogP contribution < -0.4 is 10.5 Å². The van der Waals surface area contributed by atoms with Crippen molar-refractivity contribution >= 4 is 0 Å². The van der Waals surface area contributed by atoms with Crippen LogP contribution in [-0.4, -0.2) is 5.60 Å². The van der Waals surface area contributed by atoms with Crippen LogP contribution in [0.1, 0.15) is 44.4 Å². The Morgan fingerprint density at radius 3 is 2.75 bits per heavy atom. The molecule has 1 aliphatic heterocycles. The molecule has 0 radical (unpaired) electrons. The molecule has 0 bridgehead atoms. The van der Waals surface area contributed by atoms with Gasteiger partial charge in [0.05, 0.1) is 0 Å². The van der Waals surface area contributed by atoms with E-state index in [0.29, 0.717) is 11.3 Å². The second kappa shape index (κ2) is 3.74. The Kier molecular flexibility index (Phi) is 2.66. The van der Waals surface area contributed by atoms with Crippen LogP contribution in [0.4, 0.5) is 4.39 Å². The Morgan fingerprint density at radius 1 is 1.44 bits per heavy atom. The van der Waals surface area contributed by atoms with E-state index in [1.54, 1.807) is 6.92 Å². The molecule has 88 valence electrons. The van der Waals surface area contributed by atoms with Gasteiger partial charge in [-0.3, -0.25) is 0 Å². The van der Waals surface area contributed by atoms with Gasteiger partial charge in [0.25, 0.3) is 0 Å². The van der Waals surface area contributed by atoms with Gasteiger partial charge in [-0.25, -0.2) is 4.39 Å². The predicted molar refractivity (Wildman–Crippen MR) is 62.0 cm³/mol. The smallest absolute Gasteiger partial charge is 0.131 e. The van der Waals surface area contributed by atoms with Gasteiger partial charge in [-0.2, -0.15) is 0 Å². The van der Waals surface area contributed by atoms with Crippen molar-refractivity contribution in [3.05, 3.63) is 29.1 Å². The number of hydrogen-bond donors (Lipinski definition) is 1. The molecule has 2 N–H and O–H groups in total. The molecule has 0 aromatic heterocycles. The average Bonchev–Trinajstić information content (AvgIpc) is 2.14. The first-order valence-electron chi connectivity index (χ1n) is 5.66. The normalized spacial score (nSPS) is 19.8. The van der Waals surface area contributed by atoms with E-state index in [-0.39, 0.29) is 17.5 Å². The maximum atomic E-state index is 13.7. The summed E-state index contributed by atoms with van der Waals surface area (Å²) >= 11 is 0. The largest absolute Gasteiger partial charge is 0.487 e. The minimum atomic E-state index is -0.278. The molecule has 2 nitrogen and oxygen atoms in total. The third-order valence-corrected chi connectivity index (χ3v) is 3.05. The topological polar surface area (TPSA) is 35.2 Å². The number of rotatable bonds is 1. The van der Waals surface area contributed by atoms with Crippen LogP contribution in [0.15, 0.2) is 12.1 Å². The molecule has 0 spiro atoms. The summed E-state index contributed by atoms with van der Waals surface area (Å²) in [6.45, 7) is 5.83. The molecular weight excluding hydrogens is 205 g/mol. The molecule has 2 rings (SSSR count). The van der Waals surface area contributed by atoms with Crippen LogP contribution >= 0.6 is 0 Å².